The number of aromatic nitrogens is 2. The molecule has 0 amide bonds. The van der Waals surface area contributed by atoms with Crippen LogP contribution in [0, 0.1) is 5.41 Å². The molecule has 5 heteroatoms. The molecule has 2 rings (SSSR count). The van der Waals surface area contributed by atoms with Gasteiger partial charge in [-0.15, -0.1) is 0 Å². The van der Waals surface area contributed by atoms with Crippen LogP contribution in [0.5, 0.6) is 5.88 Å². The average molecular weight is 256 g/mol. The lowest BCUT2D eigenvalue weighted by Crippen LogP contribution is -2.14. The van der Waals surface area contributed by atoms with Gasteiger partial charge in [-0.05, 0) is 42.7 Å². The normalized spacial score (nSPS) is 10.1. The highest BCUT2D eigenvalue weighted by molar-refractivity contribution is 5.96. The number of pyridine rings is 2. The second-order valence-electron chi connectivity index (χ2n) is 4.08. The number of aryl methyl sites for hydroxylation is 1. The molecular weight excluding hydrogens is 240 g/mol. The molecule has 0 aliphatic rings. The van der Waals surface area contributed by atoms with Crippen molar-refractivity contribution in [2.75, 3.05) is 6.61 Å². The van der Waals surface area contributed by atoms with Crippen molar-refractivity contribution in [3.05, 3.63) is 54.0 Å². The predicted molar refractivity (Wildman–Crippen MR) is 73.3 cm³/mol. The van der Waals surface area contributed by atoms with Crippen LogP contribution in [0.4, 0.5) is 0 Å². The molecule has 2 heterocycles. The van der Waals surface area contributed by atoms with Gasteiger partial charge in [0.1, 0.15) is 5.84 Å². The molecule has 0 aromatic carbocycles. The van der Waals surface area contributed by atoms with Crippen LogP contribution in [0.2, 0.25) is 0 Å². The number of rotatable bonds is 6. The number of ether oxygens (including phenoxy) is 1. The molecule has 0 bridgehead atoms. The number of nitrogens with one attached hydrogen (secondary N) is 1. The minimum absolute atomic E-state index is 0.0303. The van der Waals surface area contributed by atoms with Gasteiger partial charge < -0.3 is 10.5 Å². The Morgan fingerprint density at radius 3 is 2.74 bits per heavy atom. The van der Waals surface area contributed by atoms with Crippen LogP contribution in [-0.2, 0) is 6.42 Å². The predicted octanol–water partition coefficient (Wildman–Crippen LogP) is 1.77. The van der Waals surface area contributed by atoms with Crippen LogP contribution in [0.15, 0.2) is 42.9 Å². The standard InChI is InChI=1S/C14H16N4O/c15-13(16)12-4-1-7-18-14(12)19-10-2-3-11-5-8-17-9-6-11/h1,4-9H,2-3,10H2,(H3,15,16). The average Bonchev–Trinajstić information content (AvgIpc) is 2.45. The van der Waals surface area contributed by atoms with E-state index in [0.717, 1.165) is 12.8 Å². The lowest BCUT2D eigenvalue weighted by atomic mass is 10.1. The second kappa shape index (κ2) is 6.49. The number of hydrogen-bond donors (Lipinski definition) is 2. The summed E-state index contributed by atoms with van der Waals surface area (Å²) in [6, 6.07) is 7.44. The number of hydrogen-bond acceptors (Lipinski definition) is 4. The third-order valence-electron chi connectivity index (χ3n) is 2.66. The van der Waals surface area contributed by atoms with Gasteiger partial charge in [-0.25, -0.2) is 4.98 Å². The zero-order valence-electron chi connectivity index (χ0n) is 10.5. The van der Waals surface area contributed by atoms with Crippen molar-refractivity contribution < 1.29 is 4.74 Å². The Morgan fingerprint density at radius 2 is 2.00 bits per heavy atom. The molecule has 98 valence electrons. The molecule has 0 unspecified atom stereocenters. The second-order valence-corrected chi connectivity index (χ2v) is 4.08. The summed E-state index contributed by atoms with van der Waals surface area (Å²) in [7, 11) is 0. The van der Waals surface area contributed by atoms with Gasteiger partial charge in [-0.3, -0.25) is 10.4 Å². The van der Waals surface area contributed by atoms with Crippen LogP contribution in [-0.4, -0.2) is 22.4 Å². The fraction of sp³-hybridized carbons (Fsp3) is 0.214. The summed E-state index contributed by atoms with van der Waals surface area (Å²) in [6.07, 6.45) is 6.99. The first kappa shape index (κ1) is 13.0. The Labute approximate surface area is 112 Å². The minimum atomic E-state index is -0.0303. The summed E-state index contributed by atoms with van der Waals surface area (Å²) < 4.78 is 5.57. The van der Waals surface area contributed by atoms with E-state index in [2.05, 4.69) is 9.97 Å². The van der Waals surface area contributed by atoms with E-state index in [1.54, 1.807) is 30.7 Å². The SMILES string of the molecule is N=C(N)c1cccnc1OCCCc1ccncc1. The highest BCUT2D eigenvalue weighted by atomic mass is 16.5. The fourth-order valence-electron chi connectivity index (χ4n) is 1.71. The maximum atomic E-state index is 7.44. The molecule has 2 aromatic rings. The van der Waals surface area contributed by atoms with Crippen LogP contribution < -0.4 is 10.5 Å². The van der Waals surface area contributed by atoms with Crippen molar-refractivity contribution in [2.45, 2.75) is 12.8 Å². The van der Waals surface area contributed by atoms with Gasteiger partial charge in [0.05, 0.1) is 12.2 Å². The summed E-state index contributed by atoms with van der Waals surface area (Å²) in [5, 5.41) is 7.44. The van der Waals surface area contributed by atoms with Crippen LogP contribution in [0.3, 0.4) is 0 Å². The zero-order chi connectivity index (χ0) is 13.5. The molecule has 0 fully saturated rings. The van der Waals surface area contributed by atoms with Gasteiger partial charge in [0.15, 0.2) is 0 Å². The van der Waals surface area contributed by atoms with Gasteiger partial charge in [-0.1, -0.05) is 0 Å². The van der Waals surface area contributed by atoms with Crippen molar-refractivity contribution >= 4 is 5.84 Å². The van der Waals surface area contributed by atoms with Gasteiger partial charge in [0.25, 0.3) is 0 Å². The quantitative estimate of drug-likeness (QED) is 0.468. The Kier molecular flexibility index (Phi) is 4.44. The topological polar surface area (TPSA) is 84.9 Å². The van der Waals surface area contributed by atoms with Gasteiger partial charge in [0, 0.05) is 18.6 Å². The Hall–Kier alpha value is -2.43. The molecule has 0 saturated carbocycles. The lowest BCUT2D eigenvalue weighted by Gasteiger charge is -2.08. The third-order valence-corrected chi connectivity index (χ3v) is 2.66. The van der Waals surface area contributed by atoms with E-state index in [1.807, 2.05) is 12.1 Å². The molecule has 19 heavy (non-hydrogen) atoms. The van der Waals surface area contributed by atoms with Gasteiger partial charge >= 0.3 is 0 Å². The zero-order valence-corrected chi connectivity index (χ0v) is 10.5. The maximum Gasteiger partial charge on any atom is 0.224 e. The van der Waals surface area contributed by atoms with E-state index >= 15 is 0 Å². The fourth-order valence-corrected chi connectivity index (χ4v) is 1.71. The molecule has 3 N–H and O–H groups in total. The molecule has 0 aliphatic heterocycles. The van der Waals surface area contributed by atoms with Crippen molar-refractivity contribution in [2.24, 2.45) is 5.73 Å². The number of amidine groups is 1. The monoisotopic (exact) mass is 256 g/mol. The van der Waals surface area contributed by atoms with E-state index < -0.39 is 0 Å². The largest absolute Gasteiger partial charge is 0.477 e. The molecule has 0 aliphatic carbocycles. The van der Waals surface area contributed by atoms with E-state index in [0.29, 0.717) is 18.1 Å². The van der Waals surface area contributed by atoms with Crippen LogP contribution >= 0.6 is 0 Å². The Morgan fingerprint density at radius 1 is 1.21 bits per heavy atom. The van der Waals surface area contributed by atoms with E-state index in [1.165, 1.54) is 5.56 Å². The Balaban J connectivity index is 1.85. The molecule has 2 aromatic heterocycles. The van der Waals surface area contributed by atoms with Gasteiger partial charge in [-0.2, -0.15) is 0 Å². The number of nitrogens with two attached hydrogens (primary N) is 1. The minimum Gasteiger partial charge on any atom is -0.477 e. The maximum absolute atomic E-state index is 7.44. The van der Waals surface area contributed by atoms with Crippen LogP contribution in [0.1, 0.15) is 17.5 Å². The molecular formula is C14H16N4O. The Bertz CT molecular complexity index is 542. The van der Waals surface area contributed by atoms with Crippen molar-refractivity contribution in [1.29, 1.82) is 5.41 Å². The molecule has 0 spiro atoms. The van der Waals surface area contributed by atoms with Crippen molar-refractivity contribution in [1.82, 2.24) is 9.97 Å². The van der Waals surface area contributed by atoms with E-state index in [9.17, 15) is 0 Å². The summed E-state index contributed by atoms with van der Waals surface area (Å²) >= 11 is 0. The first-order valence-corrected chi connectivity index (χ1v) is 6.08. The summed E-state index contributed by atoms with van der Waals surface area (Å²) in [6.45, 7) is 0.541. The third kappa shape index (κ3) is 3.77. The van der Waals surface area contributed by atoms with Crippen molar-refractivity contribution in [3.63, 3.8) is 0 Å². The molecule has 0 saturated heterocycles. The van der Waals surface area contributed by atoms with E-state index in [4.69, 9.17) is 15.9 Å². The van der Waals surface area contributed by atoms with Gasteiger partial charge in [0.2, 0.25) is 5.88 Å². The first-order valence-electron chi connectivity index (χ1n) is 6.08. The summed E-state index contributed by atoms with van der Waals surface area (Å²) in [4.78, 5) is 8.06. The molecule has 0 radical (unpaired) electrons. The smallest absolute Gasteiger partial charge is 0.224 e. The number of nitrogen functional groups attached to an aromatic ring is 1. The summed E-state index contributed by atoms with van der Waals surface area (Å²) in [5.41, 5.74) is 7.23. The lowest BCUT2D eigenvalue weighted by molar-refractivity contribution is 0.298. The summed E-state index contributed by atoms with van der Waals surface area (Å²) in [5.74, 6) is 0.391. The molecule has 5 nitrogen and oxygen atoms in total. The van der Waals surface area contributed by atoms with Crippen LogP contribution in [0.25, 0.3) is 0 Å². The first-order chi connectivity index (χ1) is 9.27. The van der Waals surface area contributed by atoms with E-state index in [-0.39, 0.29) is 5.84 Å². The highest BCUT2D eigenvalue weighted by Crippen LogP contribution is 2.13. The van der Waals surface area contributed by atoms with Crippen molar-refractivity contribution in [3.8, 4) is 5.88 Å². The number of nitrogens with zero attached hydrogens (tertiary/aromatic N) is 2. The molecule has 0 atom stereocenters. The highest BCUT2D eigenvalue weighted by Gasteiger charge is 2.06.